The van der Waals surface area contributed by atoms with Crippen LogP contribution in [0.2, 0.25) is 0 Å². The minimum Gasteiger partial charge on any atom is -0.341 e. The molecule has 2 N–H and O–H groups in total. The quantitative estimate of drug-likeness (QED) is 0.586. The number of nitrogens with two attached hydrogens (primary N) is 1. The summed E-state index contributed by atoms with van der Waals surface area (Å²) in [5.41, 5.74) is 5.54. The summed E-state index contributed by atoms with van der Waals surface area (Å²) in [6.45, 7) is 1.50. The third-order valence-electron chi connectivity index (χ3n) is 2.33. The highest BCUT2D eigenvalue weighted by Gasteiger charge is 2.16. The Morgan fingerprint density at radius 3 is 2.91 bits per heavy atom. The summed E-state index contributed by atoms with van der Waals surface area (Å²) in [5, 5.41) is 0. The van der Waals surface area contributed by atoms with Crippen molar-refractivity contribution < 1.29 is 4.79 Å². The molecule has 0 aliphatic carbocycles. The lowest BCUT2D eigenvalue weighted by Gasteiger charge is -2.24. The second-order valence-corrected chi connectivity index (χ2v) is 3.08. The predicted molar refractivity (Wildman–Crippen MR) is 44.1 cm³/mol. The fourth-order valence-electron chi connectivity index (χ4n) is 1.59. The molecule has 1 rings (SSSR count). The highest BCUT2D eigenvalue weighted by molar-refractivity contribution is 5.47. The topological polar surface area (TPSA) is 46.3 Å². The first-order chi connectivity index (χ1) is 5.38. The van der Waals surface area contributed by atoms with Crippen molar-refractivity contribution in [3.8, 4) is 0 Å². The third kappa shape index (κ3) is 2.19. The van der Waals surface area contributed by atoms with Crippen molar-refractivity contribution in [2.45, 2.75) is 31.7 Å². The van der Waals surface area contributed by atoms with Crippen LogP contribution in [0.15, 0.2) is 0 Å². The Morgan fingerprint density at radius 1 is 1.45 bits per heavy atom. The number of rotatable bonds is 2. The maximum atomic E-state index is 10.6. The molecule has 0 saturated carbocycles. The molecule has 64 valence electrons. The molecule has 0 aromatic rings. The Kier molecular flexibility index (Phi) is 3.36. The van der Waals surface area contributed by atoms with Crippen molar-refractivity contribution in [1.29, 1.82) is 0 Å². The average molecular weight is 156 g/mol. The molecule has 1 saturated heterocycles. The smallest absolute Gasteiger partial charge is 0.209 e. The first kappa shape index (κ1) is 8.53. The van der Waals surface area contributed by atoms with Gasteiger partial charge in [-0.3, -0.25) is 4.79 Å². The minimum atomic E-state index is 0.301. The molecular weight excluding hydrogens is 140 g/mol. The van der Waals surface area contributed by atoms with Crippen molar-refractivity contribution in [3.05, 3.63) is 0 Å². The Bertz CT molecular complexity index is 127. The van der Waals surface area contributed by atoms with Crippen LogP contribution in [0.5, 0.6) is 0 Å². The highest BCUT2D eigenvalue weighted by atomic mass is 16.1. The molecule has 3 nitrogen and oxygen atoms in total. The van der Waals surface area contributed by atoms with Crippen LogP contribution in [-0.4, -0.2) is 30.4 Å². The number of carbonyl (C=O) groups excluding carboxylic acids is 1. The second-order valence-electron chi connectivity index (χ2n) is 3.08. The van der Waals surface area contributed by atoms with Gasteiger partial charge >= 0.3 is 0 Å². The van der Waals surface area contributed by atoms with Crippen LogP contribution in [0.3, 0.4) is 0 Å². The Balaban J connectivity index is 2.47. The molecule has 1 aliphatic rings. The van der Waals surface area contributed by atoms with E-state index in [1.807, 2.05) is 4.90 Å². The number of hydrogen-bond donors (Lipinski definition) is 1. The highest BCUT2D eigenvalue weighted by Crippen LogP contribution is 2.13. The van der Waals surface area contributed by atoms with Gasteiger partial charge in [0, 0.05) is 19.1 Å². The summed E-state index contributed by atoms with van der Waals surface area (Å²) >= 11 is 0. The minimum absolute atomic E-state index is 0.301. The zero-order valence-corrected chi connectivity index (χ0v) is 6.83. The van der Waals surface area contributed by atoms with Crippen molar-refractivity contribution >= 4 is 6.41 Å². The molecule has 0 spiro atoms. The lowest BCUT2D eigenvalue weighted by Crippen LogP contribution is -2.39. The normalized spacial score (nSPS) is 26.3. The van der Waals surface area contributed by atoms with Crippen LogP contribution < -0.4 is 5.73 Å². The molecule has 1 aliphatic heterocycles. The van der Waals surface area contributed by atoms with E-state index in [-0.39, 0.29) is 0 Å². The molecule has 0 aromatic heterocycles. The van der Waals surface area contributed by atoms with Gasteiger partial charge in [0.05, 0.1) is 0 Å². The van der Waals surface area contributed by atoms with Crippen LogP contribution in [-0.2, 0) is 4.79 Å². The van der Waals surface area contributed by atoms with Gasteiger partial charge in [0.1, 0.15) is 0 Å². The fourth-order valence-corrected chi connectivity index (χ4v) is 1.59. The van der Waals surface area contributed by atoms with E-state index in [0.29, 0.717) is 12.6 Å². The molecule has 1 unspecified atom stereocenters. The number of carbonyl (C=O) groups is 1. The van der Waals surface area contributed by atoms with E-state index in [9.17, 15) is 4.79 Å². The van der Waals surface area contributed by atoms with Crippen LogP contribution in [0.25, 0.3) is 0 Å². The first-order valence-corrected chi connectivity index (χ1v) is 4.29. The molecular formula is C8H16N2O. The van der Waals surface area contributed by atoms with Gasteiger partial charge in [-0.2, -0.15) is 0 Å². The maximum absolute atomic E-state index is 10.6. The fraction of sp³-hybridized carbons (Fsp3) is 0.875. The van der Waals surface area contributed by atoms with Crippen LogP contribution in [0.1, 0.15) is 25.7 Å². The van der Waals surface area contributed by atoms with E-state index >= 15 is 0 Å². The van der Waals surface area contributed by atoms with E-state index in [1.165, 1.54) is 12.8 Å². The van der Waals surface area contributed by atoms with Crippen LogP contribution in [0, 0.1) is 0 Å². The molecule has 1 amide bonds. The average Bonchev–Trinajstić information content (AvgIpc) is 2.27. The maximum Gasteiger partial charge on any atom is 0.209 e. The molecule has 11 heavy (non-hydrogen) atoms. The molecule has 1 fully saturated rings. The molecule has 0 radical (unpaired) electrons. The summed E-state index contributed by atoms with van der Waals surface area (Å²) in [7, 11) is 0. The standard InChI is InChI=1S/C8H16N2O/c9-6-8-4-2-1-3-5-10(8)7-11/h7-8H,1-6,9H2. The first-order valence-electron chi connectivity index (χ1n) is 4.29. The summed E-state index contributed by atoms with van der Waals surface area (Å²) < 4.78 is 0. The van der Waals surface area contributed by atoms with E-state index in [0.717, 1.165) is 25.8 Å². The second kappa shape index (κ2) is 4.34. The number of likely N-dealkylation sites (tertiary alicyclic amines) is 1. The summed E-state index contributed by atoms with van der Waals surface area (Å²) in [6.07, 6.45) is 5.60. The van der Waals surface area contributed by atoms with Crippen LogP contribution in [0.4, 0.5) is 0 Å². The summed E-state index contributed by atoms with van der Waals surface area (Å²) in [5.74, 6) is 0. The largest absolute Gasteiger partial charge is 0.341 e. The van der Waals surface area contributed by atoms with Crippen molar-refractivity contribution in [3.63, 3.8) is 0 Å². The van der Waals surface area contributed by atoms with Gasteiger partial charge in [0.25, 0.3) is 0 Å². The van der Waals surface area contributed by atoms with Crippen LogP contribution >= 0.6 is 0 Å². The van der Waals surface area contributed by atoms with E-state index < -0.39 is 0 Å². The predicted octanol–water partition coefficient (Wildman–Crippen LogP) is 0.346. The van der Waals surface area contributed by atoms with Gasteiger partial charge < -0.3 is 10.6 Å². The number of nitrogens with zero attached hydrogens (tertiary/aromatic N) is 1. The van der Waals surface area contributed by atoms with E-state index in [2.05, 4.69) is 0 Å². The Labute approximate surface area is 67.5 Å². The van der Waals surface area contributed by atoms with Crippen molar-refractivity contribution in [1.82, 2.24) is 4.90 Å². The monoisotopic (exact) mass is 156 g/mol. The van der Waals surface area contributed by atoms with Crippen molar-refractivity contribution in [2.24, 2.45) is 5.73 Å². The van der Waals surface area contributed by atoms with Gasteiger partial charge in [-0.1, -0.05) is 12.8 Å². The molecule has 1 atom stereocenters. The SMILES string of the molecule is NCC1CCCCCN1C=O. The van der Waals surface area contributed by atoms with E-state index in [1.54, 1.807) is 0 Å². The number of amides is 1. The lowest BCUT2D eigenvalue weighted by molar-refractivity contribution is -0.119. The molecule has 0 aromatic carbocycles. The van der Waals surface area contributed by atoms with Crippen molar-refractivity contribution in [2.75, 3.05) is 13.1 Å². The van der Waals surface area contributed by atoms with Gasteiger partial charge in [0.2, 0.25) is 6.41 Å². The summed E-state index contributed by atoms with van der Waals surface area (Å²) in [6, 6.07) is 0.301. The molecule has 1 heterocycles. The Morgan fingerprint density at radius 2 is 2.27 bits per heavy atom. The van der Waals surface area contributed by atoms with Gasteiger partial charge in [-0.15, -0.1) is 0 Å². The van der Waals surface area contributed by atoms with Gasteiger partial charge in [0.15, 0.2) is 0 Å². The van der Waals surface area contributed by atoms with E-state index in [4.69, 9.17) is 5.73 Å². The lowest BCUT2D eigenvalue weighted by atomic mass is 10.1. The number of hydrogen-bond acceptors (Lipinski definition) is 2. The molecule has 3 heteroatoms. The molecule has 0 bridgehead atoms. The zero-order valence-electron chi connectivity index (χ0n) is 6.83. The third-order valence-corrected chi connectivity index (χ3v) is 2.33. The van der Waals surface area contributed by atoms with Gasteiger partial charge in [-0.25, -0.2) is 0 Å². The Hall–Kier alpha value is -0.570. The zero-order chi connectivity index (χ0) is 8.10. The summed E-state index contributed by atoms with van der Waals surface area (Å²) in [4.78, 5) is 12.4. The van der Waals surface area contributed by atoms with Gasteiger partial charge in [-0.05, 0) is 12.8 Å².